The van der Waals surface area contributed by atoms with Crippen molar-refractivity contribution < 1.29 is 14.3 Å². The van der Waals surface area contributed by atoms with Gasteiger partial charge in [0.15, 0.2) is 11.5 Å². The molecule has 0 spiro atoms. The van der Waals surface area contributed by atoms with E-state index < -0.39 is 5.97 Å². The van der Waals surface area contributed by atoms with Gasteiger partial charge in [-0.3, -0.25) is 4.79 Å². The second-order valence-electron chi connectivity index (χ2n) is 5.15. The quantitative estimate of drug-likeness (QED) is 0.669. The number of benzene rings is 1. The maximum absolute atomic E-state index is 12.2. The molecule has 0 radical (unpaired) electrons. The zero-order chi connectivity index (χ0) is 17.8. The van der Waals surface area contributed by atoms with Crippen LogP contribution in [-0.4, -0.2) is 38.0 Å². The van der Waals surface area contributed by atoms with Crippen LogP contribution in [0.1, 0.15) is 17.3 Å². The standard InChI is InChI=1S/C16H16N6O3/c1-2-25-16(24)10-3-5-11(6-4-10)21-12(23)7-22-9-20-13-14(17)18-8-19-15(13)22/h3-6,8-9H,2,7H2,1H3,(H,21,23)(H2,17,18,19). The highest BCUT2D eigenvalue weighted by Gasteiger charge is 2.11. The summed E-state index contributed by atoms with van der Waals surface area (Å²) in [5, 5.41) is 2.74. The van der Waals surface area contributed by atoms with E-state index in [0.29, 0.717) is 29.0 Å². The van der Waals surface area contributed by atoms with Crippen molar-refractivity contribution in [2.75, 3.05) is 17.7 Å². The van der Waals surface area contributed by atoms with Gasteiger partial charge in [-0.25, -0.2) is 19.7 Å². The molecule has 0 saturated heterocycles. The van der Waals surface area contributed by atoms with Crippen molar-refractivity contribution in [3.05, 3.63) is 42.5 Å². The van der Waals surface area contributed by atoms with E-state index in [1.165, 1.54) is 12.7 Å². The Morgan fingerprint density at radius 3 is 2.68 bits per heavy atom. The third-order valence-corrected chi connectivity index (χ3v) is 3.42. The highest BCUT2D eigenvalue weighted by Crippen LogP contribution is 2.15. The van der Waals surface area contributed by atoms with E-state index in [4.69, 9.17) is 10.5 Å². The van der Waals surface area contributed by atoms with Gasteiger partial charge in [-0.1, -0.05) is 0 Å². The first-order valence-electron chi connectivity index (χ1n) is 7.57. The lowest BCUT2D eigenvalue weighted by Crippen LogP contribution is -2.18. The molecule has 2 aromatic heterocycles. The third-order valence-electron chi connectivity index (χ3n) is 3.42. The number of carbonyl (C=O) groups excluding carboxylic acids is 2. The number of amides is 1. The number of esters is 1. The highest BCUT2D eigenvalue weighted by atomic mass is 16.5. The minimum absolute atomic E-state index is 0.0204. The van der Waals surface area contributed by atoms with E-state index in [0.717, 1.165) is 0 Å². The molecule has 1 aromatic carbocycles. The van der Waals surface area contributed by atoms with E-state index in [9.17, 15) is 9.59 Å². The van der Waals surface area contributed by atoms with Crippen LogP contribution in [0.15, 0.2) is 36.9 Å². The average molecular weight is 340 g/mol. The van der Waals surface area contributed by atoms with Gasteiger partial charge in [0, 0.05) is 5.69 Å². The SMILES string of the molecule is CCOC(=O)c1ccc(NC(=O)Cn2cnc3c(N)ncnc32)cc1. The van der Waals surface area contributed by atoms with Gasteiger partial charge in [0.1, 0.15) is 18.4 Å². The summed E-state index contributed by atoms with van der Waals surface area (Å²) in [4.78, 5) is 35.9. The molecule has 0 unspecified atom stereocenters. The summed E-state index contributed by atoms with van der Waals surface area (Å²) in [5.41, 5.74) is 7.65. The summed E-state index contributed by atoms with van der Waals surface area (Å²) in [6.07, 6.45) is 2.81. The van der Waals surface area contributed by atoms with Crippen molar-refractivity contribution in [3.63, 3.8) is 0 Å². The van der Waals surface area contributed by atoms with E-state index in [-0.39, 0.29) is 18.3 Å². The molecule has 0 aliphatic rings. The fourth-order valence-electron chi connectivity index (χ4n) is 2.27. The van der Waals surface area contributed by atoms with Crippen molar-refractivity contribution in [2.24, 2.45) is 0 Å². The number of nitrogen functional groups attached to an aromatic ring is 1. The van der Waals surface area contributed by atoms with Crippen molar-refractivity contribution in [1.82, 2.24) is 19.5 Å². The molecule has 9 heteroatoms. The number of aromatic nitrogens is 4. The number of ether oxygens (including phenoxy) is 1. The molecule has 1 amide bonds. The Hall–Kier alpha value is -3.49. The molecule has 0 aliphatic heterocycles. The number of rotatable bonds is 5. The molecule has 25 heavy (non-hydrogen) atoms. The molecular formula is C16H16N6O3. The molecule has 9 nitrogen and oxygen atoms in total. The molecule has 0 atom stereocenters. The second kappa shape index (κ2) is 6.95. The summed E-state index contributed by atoms with van der Waals surface area (Å²) in [6.45, 7) is 2.07. The molecule has 128 valence electrons. The fourth-order valence-corrected chi connectivity index (χ4v) is 2.27. The van der Waals surface area contributed by atoms with E-state index >= 15 is 0 Å². The van der Waals surface area contributed by atoms with Crippen LogP contribution < -0.4 is 11.1 Å². The number of imidazole rings is 1. The lowest BCUT2D eigenvalue weighted by atomic mass is 10.2. The molecule has 2 heterocycles. The fraction of sp³-hybridized carbons (Fsp3) is 0.188. The summed E-state index contributed by atoms with van der Waals surface area (Å²) < 4.78 is 6.49. The predicted octanol–water partition coefficient (Wildman–Crippen LogP) is 1.22. The van der Waals surface area contributed by atoms with Crippen LogP contribution in [0.4, 0.5) is 11.5 Å². The van der Waals surface area contributed by atoms with Gasteiger partial charge < -0.3 is 20.4 Å². The minimum atomic E-state index is -0.400. The maximum Gasteiger partial charge on any atom is 0.338 e. The first-order valence-corrected chi connectivity index (χ1v) is 7.57. The van der Waals surface area contributed by atoms with Gasteiger partial charge in [-0.15, -0.1) is 0 Å². The van der Waals surface area contributed by atoms with E-state index in [1.807, 2.05) is 0 Å². The summed E-state index contributed by atoms with van der Waals surface area (Å²) in [6, 6.07) is 6.45. The van der Waals surface area contributed by atoms with Crippen LogP contribution in [-0.2, 0) is 16.1 Å². The van der Waals surface area contributed by atoms with Crippen molar-refractivity contribution in [3.8, 4) is 0 Å². The topological polar surface area (TPSA) is 125 Å². The Kier molecular flexibility index (Phi) is 4.55. The number of anilines is 2. The van der Waals surface area contributed by atoms with Crippen LogP contribution in [0, 0.1) is 0 Å². The van der Waals surface area contributed by atoms with Crippen LogP contribution in [0.5, 0.6) is 0 Å². The monoisotopic (exact) mass is 340 g/mol. The van der Waals surface area contributed by atoms with E-state index in [2.05, 4.69) is 20.3 Å². The lowest BCUT2D eigenvalue weighted by molar-refractivity contribution is -0.116. The molecule has 3 aromatic rings. The minimum Gasteiger partial charge on any atom is -0.462 e. The summed E-state index contributed by atoms with van der Waals surface area (Å²) in [5.74, 6) is -0.401. The van der Waals surface area contributed by atoms with Gasteiger partial charge in [0.25, 0.3) is 0 Å². The molecule has 3 rings (SSSR count). The number of nitrogens with one attached hydrogen (secondary N) is 1. The molecular weight excluding hydrogens is 324 g/mol. The van der Waals surface area contributed by atoms with Gasteiger partial charge in [0.2, 0.25) is 5.91 Å². The zero-order valence-corrected chi connectivity index (χ0v) is 13.5. The summed E-state index contributed by atoms with van der Waals surface area (Å²) >= 11 is 0. The third kappa shape index (κ3) is 3.55. The van der Waals surface area contributed by atoms with Crippen molar-refractivity contribution >= 4 is 34.5 Å². The Balaban J connectivity index is 1.68. The molecule has 0 aliphatic carbocycles. The van der Waals surface area contributed by atoms with Crippen molar-refractivity contribution in [1.29, 1.82) is 0 Å². The predicted molar refractivity (Wildman–Crippen MR) is 90.8 cm³/mol. The Morgan fingerprint density at radius 2 is 1.96 bits per heavy atom. The smallest absolute Gasteiger partial charge is 0.338 e. The summed E-state index contributed by atoms with van der Waals surface area (Å²) in [7, 11) is 0. The van der Waals surface area contributed by atoms with Crippen LogP contribution in [0.25, 0.3) is 11.2 Å². The van der Waals surface area contributed by atoms with Crippen LogP contribution in [0.2, 0.25) is 0 Å². The zero-order valence-electron chi connectivity index (χ0n) is 13.5. The highest BCUT2D eigenvalue weighted by molar-refractivity contribution is 5.93. The van der Waals surface area contributed by atoms with E-state index in [1.54, 1.807) is 35.8 Å². The number of carbonyl (C=O) groups is 2. The molecule has 0 bridgehead atoms. The first kappa shape index (κ1) is 16.4. The van der Waals surface area contributed by atoms with Gasteiger partial charge in [-0.05, 0) is 31.2 Å². The Bertz CT molecular complexity index is 919. The van der Waals surface area contributed by atoms with Gasteiger partial charge >= 0.3 is 5.97 Å². The number of nitrogens with zero attached hydrogens (tertiary/aromatic N) is 4. The lowest BCUT2D eigenvalue weighted by Gasteiger charge is -2.07. The molecule has 0 saturated carbocycles. The Labute approximate surface area is 142 Å². The van der Waals surface area contributed by atoms with Gasteiger partial charge in [0.05, 0.1) is 18.5 Å². The normalized spacial score (nSPS) is 10.6. The number of hydrogen-bond acceptors (Lipinski definition) is 7. The number of fused-ring (bicyclic) bond motifs is 1. The first-order chi connectivity index (χ1) is 12.1. The van der Waals surface area contributed by atoms with Crippen LogP contribution >= 0.6 is 0 Å². The number of nitrogens with two attached hydrogens (primary N) is 1. The molecule has 3 N–H and O–H groups in total. The maximum atomic E-state index is 12.2. The Morgan fingerprint density at radius 1 is 1.20 bits per heavy atom. The van der Waals surface area contributed by atoms with Crippen LogP contribution in [0.3, 0.4) is 0 Å². The average Bonchev–Trinajstić information content (AvgIpc) is 3.00. The largest absolute Gasteiger partial charge is 0.462 e. The van der Waals surface area contributed by atoms with Crippen molar-refractivity contribution in [2.45, 2.75) is 13.5 Å². The molecule has 0 fully saturated rings. The second-order valence-corrected chi connectivity index (χ2v) is 5.15. The number of hydrogen-bond donors (Lipinski definition) is 2. The van der Waals surface area contributed by atoms with Gasteiger partial charge in [-0.2, -0.15) is 0 Å².